The van der Waals surface area contributed by atoms with Gasteiger partial charge in [0, 0.05) is 24.2 Å². The van der Waals surface area contributed by atoms with Gasteiger partial charge in [-0.1, -0.05) is 0 Å². The van der Waals surface area contributed by atoms with Crippen molar-refractivity contribution in [2.45, 2.75) is 0 Å². The van der Waals surface area contributed by atoms with Crippen molar-refractivity contribution in [2.24, 2.45) is 0 Å². The van der Waals surface area contributed by atoms with Crippen molar-refractivity contribution in [3.63, 3.8) is 0 Å². The molecule has 4 nitrogen and oxygen atoms in total. The molecule has 0 aromatic carbocycles. The van der Waals surface area contributed by atoms with Gasteiger partial charge < -0.3 is 4.98 Å². The van der Waals surface area contributed by atoms with Crippen molar-refractivity contribution in [3.05, 3.63) is 59.3 Å². The highest BCUT2D eigenvalue weighted by molar-refractivity contribution is 5.81. The van der Waals surface area contributed by atoms with Crippen LogP contribution in [0.15, 0.2) is 53.7 Å². The molecule has 3 rings (SSSR count). The zero-order chi connectivity index (χ0) is 11.7. The fourth-order valence-corrected chi connectivity index (χ4v) is 1.77. The van der Waals surface area contributed by atoms with Crippen molar-refractivity contribution in [1.82, 2.24) is 15.0 Å². The van der Waals surface area contributed by atoms with Gasteiger partial charge in [0.1, 0.15) is 0 Å². The van der Waals surface area contributed by atoms with E-state index in [0.29, 0.717) is 10.9 Å². The largest absolute Gasteiger partial charge is 0.321 e. The van der Waals surface area contributed by atoms with Crippen LogP contribution in [0.4, 0.5) is 0 Å². The van der Waals surface area contributed by atoms with Crippen molar-refractivity contribution >= 4 is 10.9 Å². The summed E-state index contributed by atoms with van der Waals surface area (Å²) in [5, 5.41) is 0.602. The van der Waals surface area contributed by atoms with E-state index in [1.165, 1.54) is 0 Å². The maximum absolute atomic E-state index is 11.9. The number of nitrogens with zero attached hydrogens (tertiary/aromatic N) is 2. The third-order valence-electron chi connectivity index (χ3n) is 2.60. The zero-order valence-corrected chi connectivity index (χ0v) is 8.92. The first-order chi connectivity index (χ1) is 8.34. The van der Waals surface area contributed by atoms with E-state index in [2.05, 4.69) is 15.0 Å². The summed E-state index contributed by atoms with van der Waals surface area (Å²) >= 11 is 0. The fraction of sp³-hybridized carbons (Fsp3) is 0. The SMILES string of the molecule is O=c1[nH]c(-c2ccncc2)cc2ncccc12. The maximum atomic E-state index is 11.9. The number of fused-ring (bicyclic) bond motifs is 1. The Kier molecular flexibility index (Phi) is 2.19. The van der Waals surface area contributed by atoms with Crippen molar-refractivity contribution in [1.29, 1.82) is 0 Å². The molecule has 0 radical (unpaired) electrons. The number of rotatable bonds is 1. The summed E-state index contributed by atoms with van der Waals surface area (Å²) in [6.07, 6.45) is 5.06. The van der Waals surface area contributed by atoms with Gasteiger partial charge in [-0.25, -0.2) is 0 Å². The smallest absolute Gasteiger partial charge is 0.257 e. The monoisotopic (exact) mass is 223 g/mol. The summed E-state index contributed by atoms with van der Waals surface area (Å²) in [7, 11) is 0. The second kappa shape index (κ2) is 3.83. The number of hydrogen-bond acceptors (Lipinski definition) is 3. The summed E-state index contributed by atoms with van der Waals surface area (Å²) in [6.45, 7) is 0. The van der Waals surface area contributed by atoms with E-state index < -0.39 is 0 Å². The first-order valence-electron chi connectivity index (χ1n) is 5.23. The van der Waals surface area contributed by atoms with Crippen LogP contribution >= 0.6 is 0 Å². The molecule has 0 bridgehead atoms. The Morgan fingerprint density at radius 1 is 1.06 bits per heavy atom. The highest BCUT2D eigenvalue weighted by atomic mass is 16.1. The summed E-state index contributed by atoms with van der Waals surface area (Å²) in [5.74, 6) is 0. The van der Waals surface area contributed by atoms with Gasteiger partial charge in [0.05, 0.1) is 16.6 Å². The van der Waals surface area contributed by atoms with Gasteiger partial charge in [0.15, 0.2) is 0 Å². The van der Waals surface area contributed by atoms with Crippen molar-refractivity contribution in [3.8, 4) is 11.3 Å². The first kappa shape index (κ1) is 9.72. The second-order valence-corrected chi connectivity index (χ2v) is 3.68. The average Bonchev–Trinajstić information content (AvgIpc) is 2.40. The predicted octanol–water partition coefficient (Wildman–Crippen LogP) is 1.99. The number of H-pyrrole nitrogens is 1. The summed E-state index contributed by atoms with van der Waals surface area (Å²) in [4.78, 5) is 22.8. The lowest BCUT2D eigenvalue weighted by molar-refractivity contribution is 1.24. The highest BCUT2D eigenvalue weighted by Crippen LogP contribution is 2.17. The van der Waals surface area contributed by atoms with Gasteiger partial charge in [0.25, 0.3) is 5.56 Å². The van der Waals surface area contributed by atoms with Crippen LogP contribution in [0.25, 0.3) is 22.2 Å². The normalized spacial score (nSPS) is 10.6. The standard InChI is InChI=1S/C13H9N3O/c17-13-10-2-1-5-15-12(10)8-11(16-13)9-3-6-14-7-4-9/h1-8H,(H,16,17). The van der Waals surface area contributed by atoms with Crippen LogP contribution in [0, 0.1) is 0 Å². The first-order valence-corrected chi connectivity index (χ1v) is 5.23. The molecule has 0 spiro atoms. The molecule has 0 unspecified atom stereocenters. The van der Waals surface area contributed by atoms with Gasteiger partial charge in [-0.2, -0.15) is 0 Å². The molecule has 0 saturated carbocycles. The molecule has 0 fully saturated rings. The Bertz CT molecular complexity index is 719. The predicted molar refractivity (Wildman–Crippen MR) is 65.6 cm³/mol. The molecule has 0 amide bonds. The Hall–Kier alpha value is -2.49. The highest BCUT2D eigenvalue weighted by Gasteiger charge is 2.03. The van der Waals surface area contributed by atoms with E-state index in [9.17, 15) is 4.79 Å². The topological polar surface area (TPSA) is 58.6 Å². The fourth-order valence-electron chi connectivity index (χ4n) is 1.77. The van der Waals surface area contributed by atoms with Gasteiger partial charge in [-0.15, -0.1) is 0 Å². The summed E-state index contributed by atoms with van der Waals surface area (Å²) in [5.41, 5.74) is 2.25. The van der Waals surface area contributed by atoms with Crippen LogP contribution in [0.5, 0.6) is 0 Å². The maximum Gasteiger partial charge on any atom is 0.257 e. The molecule has 4 heteroatoms. The molecule has 0 aliphatic heterocycles. The summed E-state index contributed by atoms with van der Waals surface area (Å²) < 4.78 is 0. The molecule has 3 aromatic heterocycles. The zero-order valence-electron chi connectivity index (χ0n) is 8.92. The molecular weight excluding hydrogens is 214 g/mol. The molecule has 0 atom stereocenters. The summed E-state index contributed by atoms with van der Waals surface area (Å²) in [6, 6.07) is 9.08. The number of hydrogen-bond donors (Lipinski definition) is 1. The minimum absolute atomic E-state index is 0.123. The van der Waals surface area contributed by atoms with E-state index in [4.69, 9.17) is 0 Å². The minimum atomic E-state index is -0.123. The molecule has 82 valence electrons. The molecule has 17 heavy (non-hydrogen) atoms. The van der Waals surface area contributed by atoms with E-state index in [1.807, 2.05) is 18.2 Å². The van der Waals surface area contributed by atoms with Crippen LogP contribution < -0.4 is 5.56 Å². The van der Waals surface area contributed by atoms with Crippen molar-refractivity contribution in [2.75, 3.05) is 0 Å². The third-order valence-corrected chi connectivity index (χ3v) is 2.60. The molecular formula is C13H9N3O. The third kappa shape index (κ3) is 1.69. The van der Waals surface area contributed by atoms with Crippen LogP contribution in [0.2, 0.25) is 0 Å². The van der Waals surface area contributed by atoms with Gasteiger partial charge >= 0.3 is 0 Å². The Balaban J connectivity index is 2.30. The average molecular weight is 223 g/mol. The molecule has 0 aliphatic carbocycles. The second-order valence-electron chi connectivity index (χ2n) is 3.68. The molecule has 1 N–H and O–H groups in total. The quantitative estimate of drug-likeness (QED) is 0.686. The van der Waals surface area contributed by atoms with Crippen LogP contribution in [0.3, 0.4) is 0 Å². The molecule has 3 aromatic rings. The molecule has 0 aliphatic rings. The van der Waals surface area contributed by atoms with Crippen LogP contribution in [-0.4, -0.2) is 15.0 Å². The van der Waals surface area contributed by atoms with Crippen LogP contribution in [-0.2, 0) is 0 Å². The minimum Gasteiger partial charge on any atom is -0.321 e. The van der Waals surface area contributed by atoms with Gasteiger partial charge in [0.2, 0.25) is 0 Å². The molecule has 0 saturated heterocycles. The Morgan fingerprint density at radius 3 is 2.71 bits per heavy atom. The number of nitrogens with one attached hydrogen (secondary N) is 1. The van der Waals surface area contributed by atoms with E-state index in [-0.39, 0.29) is 5.56 Å². The van der Waals surface area contributed by atoms with E-state index >= 15 is 0 Å². The van der Waals surface area contributed by atoms with E-state index in [0.717, 1.165) is 11.3 Å². The van der Waals surface area contributed by atoms with Crippen LogP contribution in [0.1, 0.15) is 0 Å². The number of aromatic amines is 1. The van der Waals surface area contributed by atoms with Gasteiger partial charge in [-0.3, -0.25) is 14.8 Å². The van der Waals surface area contributed by atoms with Crippen molar-refractivity contribution < 1.29 is 0 Å². The van der Waals surface area contributed by atoms with Gasteiger partial charge in [-0.05, 0) is 30.3 Å². The lowest BCUT2D eigenvalue weighted by Gasteiger charge is -2.02. The Morgan fingerprint density at radius 2 is 1.88 bits per heavy atom. The Labute approximate surface area is 97.0 Å². The molecule has 3 heterocycles. The van der Waals surface area contributed by atoms with E-state index in [1.54, 1.807) is 30.7 Å². The number of aromatic nitrogens is 3. The number of pyridine rings is 3. The lowest BCUT2D eigenvalue weighted by atomic mass is 10.1. The lowest BCUT2D eigenvalue weighted by Crippen LogP contribution is -2.07.